The van der Waals surface area contributed by atoms with E-state index >= 15 is 0 Å². The molecule has 0 saturated carbocycles. The third-order valence-electron chi connectivity index (χ3n) is 3.11. The summed E-state index contributed by atoms with van der Waals surface area (Å²) < 4.78 is 15.1. The first-order valence-electron chi connectivity index (χ1n) is 5.89. The van der Waals surface area contributed by atoms with E-state index in [4.69, 9.17) is 5.73 Å². The molecule has 1 aromatic heterocycles. The van der Waals surface area contributed by atoms with Crippen molar-refractivity contribution in [2.75, 3.05) is 5.73 Å². The second-order valence-corrected chi connectivity index (χ2v) is 5.00. The molecule has 1 aromatic carbocycles. The highest BCUT2D eigenvalue weighted by atomic mass is 19.1. The van der Waals surface area contributed by atoms with Crippen molar-refractivity contribution in [2.24, 2.45) is 0 Å². The van der Waals surface area contributed by atoms with Gasteiger partial charge in [0.1, 0.15) is 5.82 Å². The Kier molecular flexibility index (Phi) is 2.81. The minimum Gasteiger partial charge on any atom is -0.369 e. The minimum atomic E-state index is -0.282. The summed E-state index contributed by atoms with van der Waals surface area (Å²) in [7, 11) is 0. The van der Waals surface area contributed by atoms with E-state index in [-0.39, 0.29) is 11.4 Å². The standard InChI is InChI=1S/C13H18FN3/c1-4-7-13(2,3)17-11-6-5-9(14)8-10(11)16-12(17)15/h5-6,8H,4,7H2,1-3H3,(H2,15,16). The lowest BCUT2D eigenvalue weighted by Gasteiger charge is -2.28. The van der Waals surface area contributed by atoms with E-state index in [1.54, 1.807) is 6.07 Å². The van der Waals surface area contributed by atoms with Gasteiger partial charge in [0.05, 0.1) is 11.0 Å². The molecule has 2 N–H and O–H groups in total. The van der Waals surface area contributed by atoms with Crippen molar-refractivity contribution in [3.8, 4) is 0 Å². The average Bonchev–Trinajstić information content (AvgIpc) is 2.53. The quantitative estimate of drug-likeness (QED) is 0.887. The molecule has 0 aliphatic rings. The van der Waals surface area contributed by atoms with Crippen LogP contribution >= 0.6 is 0 Å². The second kappa shape index (κ2) is 4.02. The summed E-state index contributed by atoms with van der Waals surface area (Å²) in [4.78, 5) is 4.22. The van der Waals surface area contributed by atoms with Crippen molar-refractivity contribution < 1.29 is 4.39 Å². The minimum absolute atomic E-state index is 0.106. The molecule has 0 unspecified atom stereocenters. The number of imidazole rings is 1. The normalized spacial score (nSPS) is 12.2. The molecule has 17 heavy (non-hydrogen) atoms. The molecule has 0 radical (unpaired) electrons. The van der Waals surface area contributed by atoms with Crippen LogP contribution < -0.4 is 5.73 Å². The molecular formula is C13H18FN3. The Labute approximate surface area is 100 Å². The first-order valence-corrected chi connectivity index (χ1v) is 5.89. The van der Waals surface area contributed by atoms with Crippen LogP contribution in [0.5, 0.6) is 0 Å². The van der Waals surface area contributed by atoms with Crippen LogP contribution in [0.1, 0.15) is 33.6 Å². The fraction of sp³-hybridized carbons (Fsp3) is 0.462. The summed E-state index contributed by atoms with van der Waals surface area (Å²) in [6, 6.07) is 4.61. The fourth-order valence-electron chi connectivity index (χ4n) is 2.43. The number of nitrogens with two attached hydrogens (primary N) is 1. The first kappa shape index (κ1) is 11.9. The van der Waals surface area contributed by atoms with Crippen molar-refractivity contribution in [3.05, 3.63) is 24.0 Å². The zero-order valence-electron chi connectivity index (χ0n) is 10.5. The zero-order valence-corrected chi connectivity index (χ0v) is 10.5. The third kappa shape index (κ3) is 1.99. The number of rotatable bonds is 3. The van der Waals surface area contributed by atoms with Crippen molar-refractivity contribution in [1.82, 2.24) is 9.55 Å². The van der Waals surface area contributed by atoms with Gasteiger partial charge in [0, 0.05) is 11.6 Å². The first-order chi connectivity index (χ1) is 7.95. The van der Waals surface area contributed by atoms with Gasteiger partial charge in [-0.1, -0.05) is 13.3 Å². The molecule has 0 fully saturated rings. The maximum absolute atomic E-state index is 13.1. The summed E-state index contributed by atoms with van der Waals surface area (Å²) in [5.74, 6) is 0.166. The smallest absolute Gasteiger partial charge is 0.201 e. The van der Waals surface area contributed by atoms with Gasteiger partial charge in [0.2, 0.25) is 5.95 Å². The summed E-state index contributed by atoms with van der Waals surface area (Å²) in [5, 5.41) is 0. The number of hydrogen-bond donors (Lipinski definition) is 1. The lowest BCUT2D eigenvalue weighted by molar-refractivity contribution is 0.338. The predicted octanol–water partition coefficient (Wildman–Crippen LogP) is 3.29. The molecule has 0 saturated heterocycles. The monoisotopic (exact) mass is 235 g/mol. The molecule has 3 nitrogen and oxygen atoms in total. The number of nitrogens with zero attached hydrogens (tertiary/aromatic N) is 2. The van der Waals surface area contributed by atoms with Crippen LogP contribution in [-0.2, 0) is 5.54 Å². The largest absolute Gasteiger partial charge is 0.369 e. The Morgan fingerprint density at radius 1 is 1.41 bits per heavy atom. The van der Waals surface area contributed by atoms with Gasteiger partial charge in [-0.25, -0.2) is 9.37 Å². The van der Waals surface area contributed by atoms with Gasteiger partial charge >= 0.3 is 0 Å². The molecule has 0 aliphatic carbocycles. The number of anilines is 1. The maximum atomic E-state index is 13.1. The van der Waals surface area contributed by atoms with E-state index in [2.05, 4.69) is 25.8 Å². The summed E-state index contributed by atoms with van der Waals surface area (Å²) in [6.07, 6.45) is 2.06. The van der Waals surface area contributed by atoms with Crippen molar-refractivity contribution >= 4 is 17.0 Å². The van der Waals surface area contributed by atoms with Gasteiger partial charge < -0.3 is 10.3 Å². The molecule has 2 rings (SSSR count). The molecule has 0 amide bonds. The van der Waals surface area contributed by atoms with E-state index in [0.29, 0.717) is 11.5 Å². The molecule has 92 valence electrons. The Morgan fingerprint density at radius 3 is 2.76 bits per heavy atom. The predicted molar refractivity (Wildman–Crippen MR) is 68.3 cm³/mol. The Bertz CT molecular complexity index is 543. The Morgan fingerprint density at radius 2 is 2.12 bits per heavy atom. The molecule has 0 spiro atoms. The van der Waals surface area contributed by atoms with Crippen LogP contribution in [0.15, 0.2) is 18.2 Å². The van der Waals surface area contributed by atoms with Crippen LogP contribution in [0.3, 0.4) is 0 Å². The average molecular weight is 235 g/mol. The number of halogens is 1. The van der Waals surface area contributed by atoms with Gasteiger partial charge in [0.25, 0.3) is 0 Å². The van der Waals surface area contributed by atoms with Gasteiger partial charge in [-0.05, 0) is 32.4 Å². The van der Waals surface area contributed by atoms with Gasteiger partial charge in [-0.3, -0.25) is 0 Å². The van der Waals surface area contributed by atoms with E-state index < -0.39 is 0 Å². The Balaban J connectivity index is 2.64. The lowest BCUT2D eigenvalue weighted by Crippen LogP contribution is -2.27. The number of aromatic nitrogens is 2. The Hall–Kier alpha value is -1.58. The van der Waals surface area contributed by atoms with Crippen LogP contribution in [0.25, 0.3) is 11.0 Å². The number of nitrogen functional groups attached to an aromatic ring is 1. The van der Waals surface area contributed by atoms with E-state index in [9.17, 15) is 4.39 Å². The topological polar surface area (TPSA) is 43.8 Å². The lowest BCUT2D eigenvalue weighted by atomic mass is 9.98. The van der Waals surface area contributed by atoms with Crippen LogP contribution in [0, 0.1) is 5.82 Å². The molecule has 0 aliphatic heterocycles. The maximum Gasteiger partial charge on any atom is 0.201 e. The van der Waals surface area contributed by atoms with Crippen LogP contribution in [0.2, 0.25) is 0 Å². The molecular weight excluding hydrogens is 217 g/mol. The summed E-state index contributed by atoms with van der Waals surface area (Å²) in [6.45, 7) is 6.38. The molecule has 0 atom stereocenters. The molecule has 1 heterocycles. The van der Waals surface area contributed by atoms with E-state index in [1.165, 1.54) is 12.1 Å². The number of fused-ring (bicyclic) bond motifs is 1. The van der Waals surface area contributed by atoms with Crippen LogP contribution in [0.4, 0.5) is 10.3 Å². The van der Waals surface area contributed by atoms with Crippen molar-refractivity contribution in [2.45, 2.75) is 39.2 Å². The number of benzene rings is 1. The van der Waals surface area contributed by atoms with E-state index in [1.807, 2.05) is 4.57 Å². The third-order valence-corrected chi connectivity index (χ3v) is 3.11. The zero-order chi connectivity index (χ0) is 12.6. The van der Waals surface area contributed by atoms with Crippen molar-refractivity contribution in [1.29, 1.82) is 0 Å². The highest BCUT2D eigenvalue weighted by Crippen LogP contribution is 2.30. The van der Waals surface area contributed by atoms with Crippen molar-refractivity contribution in [3.63, 3.8) is 0 Å². The molecule has 0 bridgehead atoms. The summed E-state index contributed by atoms with van der Waals surface area (Å²) in [5.41, 5.74) is 7.35. The van der Waals surface area contributed by atoms with Crippen LogP contribution in [-0.4, -0.2) is 9.55 Å². The molecule has 2 aromatic rings. The van der Waals surface area contributed by atoms with Gasteiger partial charge in [0.15, 0.2) is 0 Å². The number of hydrogen-bond acceptors (Lipinski definition) is 2. The fourth-order valence-corrected chi connectivity index (χ4v) is 2.43. The highest BCUT2D eigenvalue weighted by Gasteiger charge is 2.24. The highest BCUT2D eigenvalue weighted by molar-refractivity contribution is 5.78. The van der Waals surface area contributed by atoms with Gasteiger partial charge in [-0.2, -0.15) is 0 Å². The SMILES string of the molecule is CCCC(C)(C)n1c(N)nc2cc(F)ccc21. The van der Waals surface area contributed by atoms with Gasteiger partial charge in [-0.15, -0.1) is 0 Å². The van der Waals surface area contributed by atoms with E-state index in [0.717, 1.165) is 18.4 Å². The summed E-state index contributed by atoms with van der Waals surface area (Å²) >= 11 is 0. The molecule has 4 heteroatoms. The second-order valence-electron chi connectivity index (χ2n) is 5.00.